The Kier molecular flexibility index (Phi) is 3.41. The van der Waals surface area contributed by atoms with Crippen LogP contribution >= 0.6 is 15.9 Å². The number of carbonyl (C=O) groups excluding carboxylic acids is 2. The third-order valence-electron chi connectivity index (χ3n) is 3.69. The minimum Gasteiger partial charge on any atom is -0.495 e. The van der Waals surface area contributed by atoms with Gasteiger partial charge in [0.25, 0.3) is 0 Å². The molecule has 2 amide bonds. The number of hydrogen-bond acceptors (Lipinski definition) is 3. The van der Waals surface area contributed by atoms with Crippen molar-refractivity contribution in [3.8, 4) is 5.75 Å². The second-order valence-corrected chi connectivity index (χ2v) is 5.98. The molecular formula is C14H15BrN2O3. The molecule has 1 aliphatic heterocycles. The summed E-state index contributed by atoms with van der Waals surface area (Å²) in [5.74, 6) is 0.802. The largest absolute Gasteiger partial charge is 0.495 e. The van der Waals surface area contributed by atoms with Gasteiger partial charge in [0.2, 0.25) is 11.8 Å². The van der Waals surface area contributed by atoms with Crippen molar-refractivity contribution in [2.75, 3.05) is 18.6 Å². The molecule has 1 N–H and O–H groups in total. The lowest BCUT2D eigenvalue weighted by Crippen LogP contribution is -2.59. The highest BCUT2D eigenvalue weighted by Crippen LogP contribution is 2.36. The van der Waals surface area contributed by atoms with E-state index in [1.807, 2.05) is 12.1 Å². The van der Waals surface area contributed by atoms with Crippen LogP contribution in [0.5, 0.6) is 5.75 Å². The summed E-state index contributed by atoms with van der Waals surface area (Å²) in [6.45, 7) is 0.0623. The predicted molar refractivity (Wildman–Crippen MR) is 77.7 cm³/mol. The van der Waals surface area contributed by atoms with E-state index >= 15 is 0 Å². The summed E-state index contributed by atoms with van der Waals surface area (Å²) in [5.41, 5.74) is 0.690. The monoisotopic (exact) mass is 338 g/mol. The van der Waals surface area contributed by atoms with Crippen LogP contribution in [0.25, 0.3) is 0 Å². The third kappa shape index (κ3) is 2.40. The van der Waals surface area contributed by atoms with Gasteiger partial charge in [-0.1, -0.05) is 0 Å². The smallest absolute Gasteiger partial charge is 0.250 e. The molecular weight excluding hydrogens is 324 g/mol. The van der Waals surface area contributed by atoms with Crippen molar-refractivity contribution in [3.05, 3.63) is 22.7 Å². The van der Waals surface area contributed by atoms with Crippen LogP contribution in [0, 0.1) is 5.92 Å². The highest BCUT2D eigenvalue weighted by atomic mass is 79.9. The number of hydrogen-bond donors (Lipinski definition) is 1. The van der Waals surface area contributed by atoms with Crippen molar-refractivity contribution in [1.82, 2.24) is 5.32 Å². The molecule has 1 unspecified atom stereocenters. The zero-order valence-corrected chi connectivity index (χ0v) is 12.6. The minimum absolute atomic E-state index is 0.0310. The maximum absolute atomic E-state index is 12.5. The Labute approximate surface area is 125 Å². The van der Waals surface area contributed by atoms with Gasteiger partial charge >= 0.3 is 0 Å². The molecule has 0 spiro atoms. The fourth-order valence-corrected chi connectivity index (χ4v) is 2.86. The molecule has 0 bridgehead atoms. The average molecular weight is 339 g/mol. The van der Waals surface area contributed by atoms with Crippen LogP contribution < -0.4 is 15.0 Å². The lowest BCUT2D eigenvalue weighted by Gasteiger charge is -2.32. The normalized spacial score (nSPS) is 22.7. The Bertz CT molecular complexity index is 572. The minimum atomic E-state index is -0.370. The highest BCUT2D eigenvalue weighted by Gasteiger charge is 2.43. The van der Waals surface area contributed by atoms with Gasteiger partial charge in [-0.25, -0.2) is 0 Å². The molecule has 5 nitrogen and oxygen atoms in total. The summed E-state index contributed by atoms with van der Waals surface area (Å²) < 4.78 is 6.06. The number of nitrogens with zero attached hydrogens (tertiary/aromatic N) is 1. The molecule has 1 aromatic rings. The molecule has 0 radical (unpaired) electrons. The molecule has 1 aliphatic carbocycles. The van der Waals surface area contributed by atoms with Crippen LogP contribution in [-0.2, 0) is 9.59 Å². The summed E-state index contributed by atoms with van der Waals surface area (Å²) in [6.07, 6.45) is 2.02. The van der Waals surface area contributed by atoms with Gasteiger partial charge in [-0.2, -0.15) is 0 Å². The fourth-order valence-electron chi connectivity index (χ4n) is 2.45. The van der Waals surface area contributed by atoms with Gasteiger partial charge in [0.05, 0.1) is 11.6 Å². The van der Waals surface area contributed by atoms with Crippen LogP contribution in [0.1, 0.15) is 12.8 Å². The maximum atomic E-state index is 12.5. The van der Waals surface area contributed by atoms with Gasteiger partial charge in [0.15, 0.2) is 0 Å². The zero-order chi connectivity index (χ0) is 14.3. The number of nitrogens with one attached hydrogen (secondary N) is 1. The number of piperazine rings is 1. The van der Waals surface area contributed by atoms with Crippen LogP contribution in [0.3, 0.4) is 0 Å². The van der Waals surface area contributed by atoms with E-state index in [2.05, 4.69) is 21.2 Å². The van der Waals surface area contributed by atoms with E-state index in [-0.39, 0.29) is 24.4 Å². The number of rotatable bonds is 3. The molecule has 106 valence electrons. The van der Waals surface area contributed by atoms with Gasteiger partial charge in [-0.15, -0.1) is 0 Å². The van der Waals surface area contributed by atoms with Gasteiger partial charge < -0.3 is 15.0 Å². The number of amides is 2. The lowest BCUT2D eigenvalue weighted by molar-refractivity contribution is -0.131. The van der Waals surface area contributed by atoms with Crippen LogP contribution in [0.4, 0.5) is 5.69 Å². The first-order chi connectivity index (χ1) is 9.60. The van der Waals surface area contributed by atoms with E-state index in [0.29, 0.717) is 17.4 Å². The maximum Gasteiger partial charge on any atom is 0.250 e. The summed E-state index contributed by atoms with van der Waals surface area (Å²) >= 11 is 3.38. The topological polar surface area (TPSA) is 58.6 Å². The summed E-state index contributed by atoms with van der Waals surface area (Å²) in [4.78, 5) is 25.8. The van der Waals surface area contributed by atoms with Crippen molar-refractivity contribution in [1.29, 1.82) is 0 Å². The Morgan fingerprint density at radius 3 is 2.75 bits per heavy atom. The van der Waals surface area contributed by atoms with Crippen LogP contribution in [0.15, 0.2) is 22.7 Å². The molecule has 20 heavy (non-hydrogen) atoms. The predicted octanol–water partition coefficient (Wildman–Crippen LogP) is 1.70. The van der Waals surface area contributed by atoms with Crippen LogP contribution in [0.2, 0.25) is 0 Å². The first-order valence-corrected chi connectivity index (χ1v) is 7.33. The van der Waals surface area contributed by atoms with Gasteiger partial charge in [0, 0.05) is 11.8 Å². The standard InChI is InChI=1S/C14H15BrN2O3/c1-20-11-6-9(4-5-10(11)15)17-7-12(18)16-13(14(17)19)8-2-3-8/h4-6,8,13H,2-3,7H2,1H3,(H,16,18). The van der Waals surface area contributed by atoms with Gasteiger partial charge in [-0.05, 0) is 46.8 Å². The Morgan fingerprint density at radius 2 is 2.10 bits per heavy atom. The SMILES string of the molecule is COc1cc(N2CC(=O)NC(C3CC3)C2=O)ccc1Br. The quantitative estimate of drug-likeness (QED) is 0.912. The van der Waals surface area contributed by atoms with E-state index in [0.717, 1.165) is 17.3 Å². The van der Waals surface area contributed by atoms with Crippen LogP contribution in [-0.4, -0.2) is 31.5 Å². The highest BCUT2D eigenvalue weighted by molar-refractivity contribution is 9.10. The second kappa shape index (κ2) is 5.09. The molecule has 2 fully saturated rings. The molecule has 3 rings (SSSR count). The van der Waals surface area contributed by atoms with Crippen molar-refractivity contribution in [3.63, 3.8) is 0 Å². The molecule has 0 aromatic heterocycles. The number of ether oxygens (including phenoxy) is 1. The molecule has 1 saturated heterocycles. The Hall–Kier alpha value is -1.56. The average Bonchev–Trinajstić information content (AvgIpc) is 3.26. The zero-order valence-electron chi connectivity index (χ0n) is 11.1. The molecule has 1 saturated carbocycles. The molecule has 2 aliphatic rings. The van der Waals surface area contributed by atoms with Gasteiger partial charge in [0.1, 0.15) is 18.3 Å². The van der Waals surface area contributed by atoms with Crippen molar-refractivity contribution in [2.45, 2.75) is 18.9 Å². The van der Waals surface area contributed by atoms with E-state index in [4.69, 9.17) is 4.74 Å². The third-order valence-corrected chi connectivity index (χ3v) is 4.35. The van der Waals surface area contributed by atoms with Crippen molar-refractivity contribution in [2.24, 2.45) is 5.92 Å². The summed E-state index contributed by atoms with van der Waals surface area (Å²) in [5, 5.41) is 2.80. The summed E-state index contributed by atoms with van der Waals surface area (Å²) in [7, 11) is 1.57. The fraction of sp³-hybridized carbons (Fsp3) is 0.429. The first kappa shape index (κ1) is 13.4. The molecule has 1 heterocycles. The number of benzene rings is 1. The van der Waals surface area contributed by atoms with Crippen molar-refractivity contribution >= 4 is 33.4 Å². The lowest BCUT2D eigenvalue weighted by atomic mass is 10.1. The number of halogens is 1. The first-order valence-electron chi connectivity index (χ1n) is 6.54. The van der Waals surface area contributed by atoms with E-state index in [1.54, 1.807) is 13.2 Å². The number of methoxy groups -OCH3 is 1. The van der Waals surface area contributed by atoms with Crippen molar-refractivity contribution < 1.29 is 14.3 Å². The second-order valence-electron chi connectivity index (χ2n) is 5.13. The number of anilines is 1. The summed E-state index contributed by atoms with van der Waals surface area (Å²) in [6, 6.07) is 5.03. The Morgan fingerprint density at radius 1 is 1.35 bits per heavy atom. The van der Waals surface area contributed by atoms with E-state index < -0.39 is 0 Å². The molecule has 1 atom stereocenters. The van der Waals surface area contributed by atoms with E-state index in [9.17, 15) is 9.59 Å². The number of carbonyl (C=O) groups is 2. The molecule has 6 heteroatoms. The van der Waals surface area contributed by atoms with E-state index in [1.165, 1.54) is 4.90 Å². The molecule has 1 aromatic carbocycles. The van der Waals surface area contributed by atoms with Gasteiger partial charge in [-0.3, -0.25) is 9.59 Å². The Balaban J connectivity index is 1.91.